The molecule has 3 aromatic rings. The molecule has 2 aliphatic rings. The van der Waals surface area contributed by atoms with Crippen molar-refractivity contribution >= 4 is 16.9 Å². The predicted octanol–water partition coefficient (Wildman–Crippen LogP) is 4.13. The lowest BCUT2D eigenvalue weighted by Crippen LogP contribution is -2.30. The third-order valence-electron chi connectivity index (χ3n) is 5.43. The van der Waals surface area contributed by atoms with Gasteiger partial charge in [-0.3, -0.25) is 4.79 Å². The van der Waals surface area contributed by atoms with Crippen molar-refractivity contribution in [3.05, 3.63) is 58.9 Å². The number of carbonyl (C=O) groups excluding carboxylic acids is 1. The summed E-state index contributed by atoms with van der Waals surface area (Å²) >= 11 is 0. The molecule has 7 heteroatoms. The number of nitrogens with zero attached hydrogens (tertiary/aromatic N) is 3. The Labute approximate surface area is 170 Å². The smallest absolute Gasteiger partial charge is 0.387 e. The second kappa shape index (κ2) is 6.31. The SMILES string of the molecule is [2H]C([2H])([2H])N1C(=O)c2cccc(C#CC)c2[C@H]2C[C@@H]1c1nc3ccc(OC(F)F)cc3n12. The molecule has 0 aliphatic carbocycles. The van der Waals surface area contributed by atoms with Crippen LogP contribution in [0.3, 0.4) is 0 Å². The quantitative estimate of drug-likeness (QED) is 0.612. The molecule has 0 N–H and O–H groups in total. The number of carbonyl (C=O) groups is 1. The third kappa shape index (κ3) is 2.52. The molecule has 2 aliphatic heterocycles. The van der Waals surface area contributed by atoms with Crippen LogP contribution >= 0.6 is 0 Å². The summed E-state index contributed by atoms with van der Waals surface area (Å²) in [6.07, 6.45) is 0.289. The van der Waals surface area contributed by atoms with Crippen LogP contribution in [0.15, 0.2) is 36.4 Å². The highest BCUT2D eigenvalue weighted by atomic mass is 19.3. The van der Waals surface area contributed by atoms with Gasteiger partial charge in [-0.05, 0) is 31.2 Å². The maximum absolute atomic E-state index is 13.4. The average Bonchev–Trinajstić information content (AvgIpc) is 3.20. The molecular formula is C22H17F2N3O2. The fourth-order valence-electron chi connectivity index (χ4n) is 4.35. The van der Waals surface area contributed by atoms with Gasteiger partial charge >= 0.3 is 6.61 Å². The molecule has 146 valence electrons. The van der Waals surface area contributed by atoms with Gasteiger partial charge in [-0.2, -0.15) is 8.78 Å². The van der Waals surface area contributed by atoms with Gasteiger partial charge in [0.25, 0.3) is 5.91 Å². The van der Waals surface area contributed by atoms with E-state index in [0.29, 0.717) is 28.0 Å². The minimum Gasteiger partial charge on any atom is -0.435 e. The molecule has 2 aromatic carbocycles. The summed E-state index contributed by atoms with van der Waals surface area (Å²) in [5.74, 6) is 5.62. The van der Waals surface area contributed by atoms with E-state index in [4.69, 9.17) is 4.11 Å². The molecular weight excluding hydrogens is 376 g/mol. The number of rotatable bonds is 2. The van der Waals surface area contributed by atoms with Gasteiger partial charge in [-0.1, -0.05) is 12.0 Å². The maximum atomic E-state index is 13.4. The lowest BCUT2D eigenvalue weighted by molar-refractivity contribution is -0.0497. The second-order valence-electron chi connectivity index (χ2n) is 6.95. The van der Waals surface area contributed by atoms with Crippen molar-refractivity contribution in [3.63, 3.8) is 0 Å². The number of alkyl halides is 2. The van der Waals surface area contributed by atoms with E-state index < -0.39 is 31.6 Å². The Balaban J connectivity index is 1.82. The van der Waals surface area contributed by atoms with Crippen LogP contribution in [0.25, 0.3) is 11.0 Å². The molecule has 5 nitrogen and oxygen atoms in total. The topological polar surface area (TPSA) is 47.4 Å². The van der Waals surface area contributed by atoms with Crippen LogP contribution in [0.2, 0.25) is 0 Å². The Morgan fingerprint density at radius 3 is 2.93 bits per heavy atom. The Kier molecular flexibility index (Phi) is 3.17. The lowest BCUT2D eigenvalue weighted by atomic mass is 9.93. The monoisotopic (exact) mass is 396 g/mol. The van der Waals surface area contributed by atoms with Gasteiger partial charge in [0, 0.05) is 40.3 Å². The maximum Gasteiger partial charge on any atom is 0.387 e. The first-order valence-corrected chi connectivity index (χ1v) is 9.06. The zero-order valence-corrected chi connectivity index (χ0v) is 15.3. The van der Waals surface area contributed by atoms with Crippen LogP contribution in [0.4, 0.5) is 8.78 Å². The molecule has 1 amide bonds. The van der Waals surface area contributed by atoms with Gasteiger partial charge < -0.3 is 14.2 Å². The van der Waals surface area contributed by atoms with Crippen molar-refractivity contribution in [1.29, 1.82) is 0 Å². The first-order valence-electron chi connectivity index (χ1n) is 10.6. The molecule has 2 bridgehead atoms. The van der Waals surface area contributed by atoms with Crippen LogP contribution in [-0.4, -0.2) is 33.9 Å². The number of fused-ring (bicyclic) bond motifs is 9. The van der Waals surface area contributed by atoms with E-state index in [1.807, 2.05) is 4.57 Å². The molecule has 2 atom stereocenters. The molecule has 0 radical (unpaired) electrons. The van der Waals surface area contributed by atoms with E-state index in [2.05, 4.69) is 21.6 Å². The van der Waals surface area contributed by atoms with Crippen molar-refractivity contribution in [1.82, 2.24) is 14.5 Å². The number of aromatic nitrogens is 2. The Morgan fingerprint density at radius 2 is 2.17 bits per heavy atom. The summed E-state index contributed by atoms with van der Waals surface area (Å²) in [4.78, 5) is 18.9. The summed E-state index contributed by atoms with van der Waals surface area (Å²) in [7, 11) is 0. The van der Waals surface area contributed by atoms with Crippen LogP contribution < -0.4 is 4.74 Å². The molecule has 3 heterocycles. The van der Waals surface area contributed by atoms with Crippen molar-refractivity contribution in [3.8, 4) is 17.6 Å². The van der Waals surface area contributed by atoms with Crippen LogP contribution in [0, 0.1) is 11.8 Å². The summed E-state index contributed by atoms with van der Waals surface area (Å²) in [6.45, 7) is -4.00. The number of benzene rings is 2. The first kappa shape index (κ1) is 14.6. The molecule has 0 unspecified atom stereocenters. The molecule has 5 rings (SSSR count). The van der Waals surface area contributed by atoms with E-state index in [1.54, 1.807) is 31.2 Å². The van der Waals surface area contributed by atoms with Crippen molar-refractivity contribution < 1.29 is 22.4 Å². The average molecular weight is 396 g/mol. The Morgan fingerprint density at radius 1 is 1.31 bits per heavy atom. The largest absolute Gasteiger partial charge is 0.435 e. The van der Waals surface area contributed by atoms with E-state index in [1.165, 1.54) is 12.1 Å². The molecule has 29 heavy (non-hydrogen) atoms. The highest BCUT2D eigenvalue weighted by molar-refractivity contribution is 5.97. The van der Waals surface area contributed by atoms with E-state index >= 15 is 0 Å². The van der Waals surface area contributed by atoms with Crippen LogP contribution in [0.5, 0.6) is 5.75 Å². The van der Waals surface area contributed by atoms with Gasteiger partial charge in [0.1, 0.15) is 11.6 Å². The van der Waals surface area contributed by atoms with Gasteiger partial charge in [0.05, 0.1) is 23.1 Å². The van der Waals surface area contributed by atoms with Crippen LogP contribution in [-0.2, 0) is 0 Å². The Bertz CT molecular complexity index is 1320. The van der Waals surface area contributed by atoms with E-state index in [-0.39, 0.29) is 17.7 Å². The number of ether oxygens (including phenoxy) is 1. The number of halogens is 2. The minimum atomic E-state index is -2.98. The van der Waals surface area contributed by atoms with Gasteiger partial charge in [-0.15, -0.1) is 5.92 Å². The molecule has 0 spiro atoms. The lowest BCUT2D eigenvalue weighted by Gasteiger charge is -2.24. The highest BCUT2D eigenvalue weighted by Crippen LogP contribution is 2.48. The summed E-state index contributed by atoms with van der Waals surface area (Å²) in [5.41, 5.74) is 2.51. The van der Waals surface area contributed by atoms with Crippen molar-refractivity contribution in [2.45, 2.75) is 32.0 Å². The number of hydrogen-bond donors (Lipinski definition) is 0. The summed E-state index contributed by atoms with van der Waals surface area (Å²) in [6, 6.07) is 8.21. The fourth-order valence-corrected chi connectivity index (χ4v) is 4.35. The zero-order chi connectivity index (χ0) is 22.8. The van der Waals surface area contributed by atoms with Gasteiger partial charge in [-0.25, -0.2) is 4.98 Å². The van der Waals surface area contributed by atoms with Crippen molar-refractivity contribution in [2.75, 3.05) is 6.98 Å². The van der Waals surface area contributed by atoms with E-state index in [9.17, 15) is 13.6 Å². The first-order chi connectivity index (χ1) is 15.2. The summed E-state index contributed by atoms with van der Waals surface area (Å²) in [5, 5.41) is 0. The van der Waals surface area contributed by atoms with Crippen LogP contribution in [0.1, 0.15) is 56.8 Å². The highest BCUT2D eigenvalue weighted by Gasteiger charge is 2.44. The molecule has 0 saturated heterocycles. The summed E-state index contributed by atoms with van der Waals surface area (Å²) < 4.78 is 56.1. The van der Waals surface area contributed by atoms with E-state index in [0.717, 1.165) is 4.90 Å². The minimum absolute atomic E-state index is 0.0277. The van der Waals surface area contributed by atoms with Gasteiger partial charge in [0.15, 0.2) is 0 Å². The molecule has 1 aromatic heterocycles. The number of amides is 1. The molecule has 0 fully saturated rings. The standard InChI is InChI=1S/C22H17F2N3O2/c1-3-5-12-6-4-7-14-19(12)17-11-18(26(2)21(14)28)20-25-15-9-8-13(29-22(23)24)10-16(15)27(17)20/h4,6-10,17-18,22H,11H2,1-2H3/t17-,18-/m1/s1/i2D3. The Hall–Kier alpha value is -3.40. The predicted molar refractivity (Wildman–Crippen MR) is 103 cm³/mol. The number of imidazole rings is 1. The van der Waals surface area contributed by atoms with Crippen molar-refractivity contribution in [2.24, 2.45) is 0 Å². The van der Waals surface area contributed by atoms with Gasteiger partial charge in [0.2, 0.25) is 0 Å². The third-order valence-corrected chi connectivity index (χ3v) is 5.43. The molecule has 0 saturated carbocycles. The fraction of sp³-hybridized carbons (Fsp3) is 0.273. The number of hydrogen-bond acceptors (Lipinski definition) is 3. The normalized spacial score (nSPS) is 21.6. The second-order valence-corrected chi connectivity index (χ2v) is 6.95. The zero-order valence-electron chi connectivity index (χ0n) is 18.3.